The first-order chi connectivity index (χ1) is 8.50. The summed E-state index contributed by atoms with van der Waals surface area (Å²) >= 11 is 0. The Morgan fingerprint density at radius 1 is 1.56 bits per heavy atom. The van der Waals surface area contributed by atoms with Gasteiger partial charge in [-0.05, 0) is 0 Å². The lowest BCUT2D eigenvalue weighted by Crippen LogP contribution is -2.12. The molecule has 0 radical (unpaired) electrons. The highest BCUT2D eigenvalue weighted by atomic mass is 19.3. The molecular weight excluding hydrogens is 248 g/mol. The van der Waals surface area contributed by atoms with Crippen LogP contribution in [-0.2, 0) is 13.6 Å². The number of imidazole rings is 1. The maximum absolute atomic E-state index is 12.8. The van der Waals surface area contributed by atoms with E-state index in [1.807, 2.05) is 0 Å². The van der Waals surface area contributed by atoms with Crippen LogP contribution in [0.2, 0.25) is 0 Å². The lowest BCUT2D eigenvalue weighted by Gasteiger charge is -2.06. The van der Waals surface area contributed by atoms with Crippen LogP contribution in [0.15, 0.2) is 12.4 Å². The van der Waals surface area contributed by atoms with Crippen molar-refractivity contribution >= 4 is 5.97 Å². The number of carboxylic acids is 1. The molecule has 2 heterocycles. The minimum Gasteiger partial charge on any atom is -0.476 e. The number of hydrogen-bond acceptors (Lipinski definition) is 4. The van der Waals surface area contributed by atoms with Gasteiger partial charge in [0.15, 0.2) is 5.69 Å². The number of rotatable bonds is 4. The maximum Gasteiger partial charge on any atom is 0.358 e. The van der Waals surface area contributed by atoms with Gasteiger partial charge in [-0.2, -0.15) is 0 Å². The Balaban J connectivity index is 2.40. The Morgan fingerprint density at radius 2 is 2.28 bits per heavy atom. The van der Waals surface area contributed by atoms with E-state index >= 15 is 0 Å². The number of carbonyl (C=O) groups is 1. The average molecular weight is 257 g/mol. The largest absolute Gasteiger partial charge is 0.476 e. The molecule has 0 aromatic carbocycles. The number of alkyl halides is 2. The fourth-order valence-electron chi connectivity index (χ4n) is 1.49. The third kappa shape index (κ3) is 2.06. The van der Waals surface area contributed by atoms with Crippen molar-refractivity contribution < 1.29 is 18.7 Å². The minimum absolute atomic E-state index is 0.0660. The van der Waals surface area contributed by atoms with Crippen molar-refractivity contribution in [3.63, 3.8) is 0 Å². The molecule has 18 heavy (non-hydrogen) atoms. The zero-order chi connectivity index (χ0) is 13.3. The third-order valence-electron chi connectivity index (χ3n) is 2.39. The highest BCUT2D eigenvalue weighted by Crippen LogP contribution is 2.21. The highest BCUT2D eigenvalue weighted by Gasteiger charge is 2.26. The van der Waals surface area contributed by atoms with Crippen molar-refractivity contribution in [2.75, 3.05) is 0 Å². The van der Waals surface area contributed by atoms with E-state index in [9.17, 15) is 13.6 Å². The molecule has 0 unspecified atom stereocenters. The van der Waals surface area contributed by atoms with E-state index in [1.165, 1.54) is 6.20 Å². The predicted molar refractivity (Wildman–Crippen MR) is 54.2 cm³/mol. The molecule has 0 saturated carbocycles. The fraction of sp³-hybridized carbons (Fsp3) is 0.333. The molecule has 7 nitrogen and oxygen atoms in total. The zero-order valence-electron chi connectivity index (χ0n) is 9.29. The van der Waals surface area contributed by atoms with E-state index in [2.05, 4.69) is 15.3 Å². The summed E-state index contributed by atoms with van der Waals surface area (Å²) in [6.45, 7) is -0.0660. The zero-order valence-corrected chi connectivity index (χ0v) is 9.29. The molecule has 1 N–H and O–H groups in total. The lowest BCUT2D eigenvalue weighted by molar-refractivity contribution is 0.0675. The molecular formula is C9H9F2N5O2. The van der Waals surface area contributed by atoms with E-state index < -0.39 is 23.8 Å². The summed E-state index contributed by atoms with van der Waals surface area (Å²) in [5, 5.41) is 15.4. The Kier molecular flexibility index (Phi) is 3.04. The SMILES string of the molecule is Cn1ccnc1Cn1nnc(C(=O)O)c1C(F)F. The van der Waals surface area contributed by atoms with Crippen LogP contribution in [0.1, 0.15) is 28.4 Å². The topological polar surface area (TPSA) is 85.8 Å². The first-order valence-corrected chi connectivity index (χ1v) is 4.91. The maximum atomic E-state index is 12.8. The molecule has 0 aliphatic rings. The second-order valence-electron chi connectivity index (χ2n) is 3.54. The molecule has 2 aromatic rings. The first kappa shape index (κ1) is 12.1. The van der Waals surface area contributed by atoms with Crippen LogP contribution in [-0.4, -0.2) is 35.6 Å². The van der Waals surface area contributed by atoms with E-state index in [0.29, 0.717) is 5.82 Å². The van der Waals surface area contributed by atoms with Crippen LogP contribution < -0.4 is 0 Å². The fourth-order valence-corrected chi connectivity index (χ4v) is 1.49. The minimum atomic E-state index is -2.97. The first-order valence-electron chi connectivity index (χ1n) is 4.91. The molecule has 0 amide bonds. The van der Waals surface area contributed by atoms with E-state index in [1.54, 1.807) is 17.8 Å². The summed E-state index contributed by atoms with van der Waals surface area (Å²) in [4.78, 5) is 14.7. The second kappa shape index (κ2) is 4.51. The van der Waals surface area contributed by atoms with E-state index in [-0.39, 0.29) is 6.54 Å². The van der Waals surface area contributed by atoms with Crippen LogP contribution in [0.4, 0.5) is 8.78 Å². The van der Waals surface area contributed by atoms with Crippen LogP contribution in [0.25, 0.3) is 0 Å². The van der Waals surface area contributed by atoms with Crippen molar-refractivity contribution in [2.45, 2.75) is 13.0 Å². The molecule has 0 fully saturated rings. The van der Waals surface area contributed by atoms with Gasteiger partial charge in [0.05, 0.1) is 0 Å². The smallest absolute Gasteiger partial charge is 0.358 e. The number of aryl methyl sites for hydroxylation is 1. The molecule has 0 spiro atoms. The van der Waals surface area contributed by atoms with E-state index in [4.69, 9.17) is 5.11 Å². The van der Waals surface area contributed by atoms with Crippen LogP contribution >= 0.6 is 0 Å². The standard InChI is InChI=1S/C9H9F2N5O2/c1-15-3-2-12-5(15)4-16-7(8(10)11)6(9(17)18)13-14-16/h2-3,8H,4H2,1H3,(H,17,18). The number of aromatic nitrogens is 5. The second-order valence-corrected chi connectivity index (χ2v) is 3.54. The summed E-state index contributed by atoms with van der Waals surface area (Å²) in [6.07, 6.45) is 0.185. The summed E-state index contributed by atoms with van der Waals surface area (Å²) in [5.74, 6) is -1.06. The van der Waals surface area contributed by atoms with Crippen molar-refractivity contribution in [1.29, 1.82) is 0 Å². The number of aromatic carboxylic acids is 1. The van der Waals surface area contributed by atoms with Gasteiger partial charge >= 0.3 is 5.97 Å². The van der Waals surface area contributed by atoms with Gasteiger partial charge in [0.1, 0.15) is 18.1 Å². The van der Waals surface area contributed by atoms with Crippen LogP contribution in [0, 0.1) is 0 Å². The Bertz CT molecular complexity index is 577. The Hall–Kier alpha value is -2.32. The van der Waals surface area contributed by atoms with Crippen LogP contribution in [0.3, 0.4) is 0 Å². The quantitative estimate of drug-likeness (QED) is 0.871. The molecule has 0 bridgehead atoms. The van der Waals surface area contributed by atoms with Crippen molar-refractivity contribution in [3.05, 3.63) is 29.6 Å². The summed E-state index contributed by atoms with van der Waals surface area (Å²) in [5.41, 5.74) is -1.45. The molecule has 0 aliphatic carbocycles. The van der Waals surface area contributed by atoms with Crippen molar-refractivity contribution in [1.82, 2.24) is 24.5 Å². The molecule has 9 heteroatoms. The van der Waals surface area contributed by atoms with Gasteiger partial charge in [-0.3, -0.25) is 0 Å². The van der Waals surface area contributed by atoms with Gasteiger partial charge in [-0.15, -0.1) is 5.10 Å². The summed E-state index contributed by atoms with van der Waals surface area (Å²) in [7, 11) is 1.69. The third-order valence-corrected chi connectivity index (χ3v) is 2.39. The van der Waals surface area contributed by atoms with Gasteiger partial charge in [0.25, 0.3) is 6.43 Å². The number of hydrogen-bond donors (Lipinski definition) is 1. The lowest BCUT2D eigenvalue weighted by atomic mass is 10.3. The molecule has 96 valence electrons. The summed E-state index contributed by atoms with van der Waals surface area (Å²) in [6, 6.07) is 0. The summed E-state index contributed by atoms with van der Waals surface area (Å²) < 4.78 is 28.1. The van der Waals surface area contributed by atoms with Gasteiger partial charge < -0.3 is 9.67 Å². The number of halogens is 2. The molecule has 0 saturated heterocycles. The number of nitrogens with zero attached hydrogens (tertiary/aromatic N) is 5. The van der Waals surface area contributed by atoms with Gasteiger partial charge in [-0.25, -0.2) is 23.2 Å². The van der Waals surface area contributed by atoms with Crippen molar-refractivity contribution in [3.8, 4) is 0 Å². The molecule has 0 atom stereocenters. The monoisotopic (exact) mass is 257 g/mol. The Labute approximate surface area is 99.7 Å². The normalized spacial score (nSPS) is 11.1. The molecule has 2 rings (SSSR count). The Morgan fingerprint density at radius 3 is 2.78 bits per heavy atom. The van der Waals surface area contributed by atoms with Gasteiger partial charge in [-0.1, -0.05) is 5.21 Å². The number of carboxylic acid groups (broad SMARTS) is 1. The highest BCUT2D eigenvalue weighted by molar-refractivity contribution is 5.86. The van der Waals surface area contributed by atoms with Gasteiger partial charge in [0.2, 0.25) is 0 Å². The molecule has 2 aromatic heterocycles. The van der Waals surface area contributed by atoms with Crippen LogP contribution in [0.5, 0.6) is 0 Å². The van der Waals surface area contributed by atoms with Gasteiger partial charge in [0, 0.05) is 19.4 Å². The van der Waals surface area contributed by atoms with Crippen molar-refractivity contribution in [2.24, 2.45) is 7.05 Å². The van der Waals surface area contributed by atoms with E-state index in [0.717, 1.165) is 4.68 Å². The predicted octanol–water partition coefficient (Wildman–Crippen LogP) is 0.696. The molecule has 0 aliphatic heterocycles. The average Bonchev–Trinajstić information content (AvgIpc) is 2.86.